The van der Waals surface area contributed by atoms with Gasteiger partial charge >= 0.3 is 6.36 Å². The van der Waals surface area contributed by atoms with Gasteiger partial charge in [0.05, 0.1) is 44.3 Å². The van der Waals surface area contributed by atoms with Crippen molar-refractivity contribution in [3.8, 4) is 17.0 Å². The van der Waals surface area contributed by atoms with Gasteiger partial charge in [0.2, 0.25) is 5.91 Å². The van der Waals surface area contributed by atoms with Gasteiger partial charge in [0.15, 0.2) is 0 Å². The lowest BCUT2D eigenvalue weighted by Gasteiger charge is -2.28. The normalized spacial score (nSPS) is 21.8. The fourth-order valence-electron chi connectivity index (χ4n) is 5.93. The molecule has 252 valence electrons. The van der Waals surface area contributed by atoms with Crippen LogP contribution in [0.4, 0.5) is 24.7 Å². The average Bonchev–Trinajstić information content (AvgIpc) is 3.61. The van der Waals surface area contributed by atoms with Gasteiger partial charge in [-0.2, -0.15) is 0 Å². The molecule has 2 saturated carbocycles. The largest absolute Gasteiger partial charge is 0.573 e. The summed E-state index contributed by atoms with van der Waals surface area (Å²) in [6.07, 6.45) is -3.71. The number of alkyl halides is 3. The van der Waals surface area contributed by atoms with Crippen LogP contribution in [0.5, 0.6) is 5.75 Å². The first-order chi connectivity index (χ1) is 22.6. The number of benzene rings is 2. The Morgan fingerprint density at radius 2 is 1.60 bits per heavy atom. The Labute approximate surface area is 268 Å². The van der Waals surface area contributed by atoms with E-state index >= 15 is 0 Å². The van der Waals surface area contributed by atoms with Gasteiger partial charge in [-0.05, 0) is 61.1 Å². The molecule has 2 fully saturated rings. The molecule has 2 bridgehead atoms. The number of rotatable bonds is 15. The van der Waals surface area contributed by atoms with Crippen LogP contribution in [0.25, 0.3) is 11.3 Å². The molecule has 47 heavy (non-hydrogen) atoms. The zero-order valence-corrected chi connectivity index (χ0v) is 25.3. The van der Waals surface area contributed by atoms with Gasteiger partial charge in [-0.3, -0.25) is 9.59 Å². The van der Waals surface area contributed by atoms with Crippen LogP contribution in [0.3, 0.4) is 0 Å². The molecule has 2 aliphatic carbocycles. The van der Waals surface area contributed by atoms with Crippen molar-refractivity contribution in [2.45, 2.75) is 31.4 Å². The molecule has 0 spiro atoms. The van der Waals surface area contributed by atoms with Crippen LogP contribution in [0.2, 0.25) is 0 Å². The smallest absolute Gasteiger partial charge is 0.406 e. The van der Waals surface area contributed by atoms with Gasteiger partial charge in [-0.15, -0.1) is 13.2 Å². The van der Waals surface area contributed by atoms with E-state index in [0.29, 0.717) is 67.5 Å². The lowest BCUT2D eigenvalue weighted by Crippen LogP contribution is -2.43. The topological polar surface area (TPSA) is 164 Å². The first-order valence-corrected chi connectivity index (χ1v) is 15.2. The van der Waals surface area contributed by atoms with Crippen LogP contribution in [0.1, 0.15) is 23.2 Å². The fourth-order valence-corrected chi connectivity index (χ4v) is 5.93. The van der Waals surface area contributed by atoms with Crippen LogP contribution in [-0.2, 0) is 14.3 Å². The monoisotopic (exact) mass is 659 g/mol. The SMILES string of the molecule is O=C(NCCOCCOCCNC(=O)C1C[C@@H]2C[C@H]1[C@@H](O)[C@H]2O)c1cccc(-c2cc(Nc3ccc(OC(F)(F)F)cc3)ncn2)c1. The number of halogens is 3. The Morgan fingerprint density at radius 1 is 0.872 bits per heavy atom. The highest BCUT2D eigenvalue weighted by Crippen LogP contribution is 2.48. The summed E-state index contributed by atoms with van der Waals surface area (Å²) < 4.78 is 52.1. The Balaban J connectivity index is 0.970. The number of hydrogen-bond acceptors (Lipinski definition) is 10. The van der Waals surface area contributed by atoms with Gasteiger partial charge < -0.3 is 40.4 Å². The number of ether oxygens (including phenoxy) is 3. The fraction of sp³-hybridized carbons (Fsp3) is 0.438. The van der Waals surface area contributed by atoms with E-state index < -0.39 is 18.6 Å². The molecule has 2 aliphatic rings. The Morgan fingerprint density at radius 3 is 2.28 bits per heavy atom. The lowest BCUT2D eigenvalue weighted by molar-refractivity contribution is -0.274. The predicted octanol–water partition coefficient (Wildman–Crippen LogP) is 3.04. The molecule has 0 aliphatic heterocycles. The summed E-state index contributed by atoms with van der Waals surface area (Å²) in [5, 5.41) is 28.5. The van der Waals surface area contributed by atoms with E-state index in [1.807, 2.05) is 0 Å². The van der Waals surface area contributed by atoms with E-state index in [0.717, 1.165) is 0 Å². The number of nitrogens with zero attached hydrogens (tertiary/aromatic N) is 2. The van der Waals surface area contributed by atoms with Crippen molar-refractivity contribution in [1.29, 1.82) is 0 Å². The first kappa shape index (κ1) is 34.0. The first-order valence-electron chi connectivity index (χ1n) is 15.2. The quantitative estimate of drug-likeness (QED) is 0.153. The van der Waals surface area contributed by atoms with Crippen molar-refractivity contribution < 1.29 is 47.2 Å². The Bertz CT molecular complexity index is 1510. The molecule has 0 radical (unpaired) electrons. The van der Waals surface area contributed by atoms with Gasteiger partial charge in [0, 0.05) is 41.9 Å². The second-order valence-electron chi connectivity index (χ2n) is 11.3. The van der Waals surface area contributed by atoms with Crippen LogP contribution in [0.15, 0.2) is 60.9 Å². The van der Waals surface area contributed by atoms with Crippen molar-refractivity contribution in [3.63, 3.8) is 0 Å². The summed E-state index contributed by atoms with van der Waals surface area (Å²) in [4.78, 5) is 33.5. The highest BCUT2D eigenvalue weighted by molar-refractivity contribution is 5.95. The number of amides is 2. The number of carbonyl (C=O) groups is 2. The molecular weight excluding hydrogens is 623 g/mol. The minimum atomic E-state index is -4.77. The van der Waals surface area contributed by atoms with E-state index in [4.69, 9.17) is 9.47 Å². The number of aliphatic hydroxyl groups excluding tert-OH is 2. The zero-order valence-electron chi connectivity index (χ0n) is 25.3. The van der Waals surface area contributed by atoms with E-state index in [9.17, 15) is 33.0 Å². The standard InChI is InChI=1S/C32H36F3N5O7/c33-32(34,35)47-23-6-4-22(5-7-23)40-27-17-26(38-18-39-27)19-2-1-3-20(14-19)30(43)36-8-10-45-12-13-46-11-9-37-31(44)25-16-21-15-24(25)29(42)28(21)41/h1-7,14,17-18,21,24-25,28-29,41-42H,8-13,15-16H2,(H,36,43)(H,37,44)(H,38,39,40)/t21-,24+,25?,28-,29+/m0/s1. The highest BCUT2D eigenvalue weighted by atomic mass is 19.4. The highest BCUT2D eigenvalue weighted by Gasteiger charge is 2.53. The second kappa shape index (κ2) is 15.5. The molecule has 12 nitrogen and oxygen atoms in total. The molecule has 15 heteroatoms. The van der Waals surface area contributed by atoms with Crippen LogP contribution in [0, 0.1) is 17.8 Å². The summed E-state index contributed by atoms with van der Waals surface area (Å²) in [5.74, 6) is -0.812. The van der Waals surface area contributed by atoms with Crippen molar-refractivity contribution in [1.82, 2.24) is 20.6 Å². The summed E-state index contributed by atoms with van der Waals surface area (Å²) in [6, 6.07) is 13.7. The van der Waals surface area contributed by atoms with Gasteiger partial charge in [-0.1, -0.05) is 12.1 Å². The Hall–Kier alpha value is -4.31. The maximum absolute atomic E-state index is 12.7. The number of anilines is 2. The number of aliphatic hydroxyl groups is 2. The summed E-state index contributed by atoms with van der Waals surface area (Å²) in [6.45, 7) is 1.83. The molecule has 2 aromatic carbocycles. The van der Waals surface area contributed by atoms with Crippen LogP contribution in [-0.4, -0.2) is 90.1 Å². The summed E-state index contributed by atoms with van der Waals surface area (Å²) in [5.41, 5.74) is 2.10. The number of aromatic nitrogens is 2. The number of hydrogen-bond donors (Lipinski definition) is 5. The third kappa shape index (κ3) is 9.38. The Kier molecular flexibility index (Phi) is 11.2. The van der Waals surface area contributed by atoms with E-state index in [2.05, 4.69) is 30.7 Å². The maximum atomic E-state index is 12.7. The van der Waals surface area contributed by atoms with E-state index in [1.54, 1.807) is 30.3 Å². The van der Waals surface area contributed by atoms with E-state index in [1.165, 1.54) is 30.6 Å². The lowest BCUT2D eigenvalue weighted by atomic mass is 9.84. The average molecular weight is 660 g/mol. The number of nitrogens with one attached hydrogen (secondary N) is 3. The van der Waals surface area contributed by atoms with Gasteiger partial charge in [0.25, 0.3) is 5.91 Å². The second-order valence-corrected chi connectivity index (χ2v) is 11.3. The third-order valence-electron chi connectivity index (χ3n) is 8.15. The molecule has 5 atom stereocenters. The van der Waals surface area contributed by atoms with E-state index in [-0.39, 0.29) is 48.5 Å². The molecule has 1 aromatic heterocycles. The number of carbonyl (C=O) groups excluding carboxylic acids is 2. The van der Waals surface area contributed by atoms with Crippen LogP contribution >= 0.6 is 0 Å². The summed E-state index contributed by atoms with van der Waals surface area (Å²) in [7, 11) is 0. The van der Waals surface area contributed by atoms with Crippen LogP contribution < -0.4 is 20.7 Å². The minimum absolute atomic E-state index is 0.00753. The number of fused-ring (bicyclic) bond motifs is 2. The zero-order chi connectivity index (χ0) is 33.4. The molecule has 1 unspecified atom stereocenters. The molecule has 3 aromatic rings. The molecule has 0 saturated heterocycles. The van der Waals surface area contributed by atoms with Crippen molar-refractivity contribution in [2.24, 2.45) is 17.8 Å². The van der Waals surface area contributed by atoms with Crippen molar-refractivity contribution >= 4 is 23.3 Å². The molecule has 2 amide bonds. The van der Waals surface area contributed by atoms with Gasteiger partial charge in [0.1, 0.15) is 17.9 Å². The maximum Gasteiger partial charge on any atom is 0.573 e. The molecule has 5 N–H and O–H groups in total. The molecular formula is C32H36F3N5O7. The minimum Gasteiger partial charge on any atom is -0.406 e. The van der Waals surface area contributed by atoms with Crippen molar-refractivity contribution in [2.75, 3.05) is 44.8 Å². The van der Waals surface area contributed by atoms with Gasteiger partial charge in [-0.25, -0.2) is 9.97 Å². The molecule has 1 heterocycles. The third-order valence-corrected chi connectivity index (χ3v) is 8.15. The predicted molar refractivity (Wildman–Crippen MR) is 163 cm³/mol. The van der Waals surface area contributed by atoms with Crippen molar-refractivity contribution in [3.05, 3.63) is 66.5 Å². The summed E-state index contributed by atoms with van der Waals surface area (Å²) >= 11 is 0. The molecule has 5 rings (SSSR count).